The summed E-state index contributed by atoms with van der Waals surface area (Å²) in [5.41, 5.74) is 5.08. The molecular weight excluding hydrogens is 507 g/mol. The van der Waals surface area contributed by atoms with E-state index < -0.39 is 5.82 Å². The number of aromatic nitrogens is 6. The van der Waals surface area contributed by atoms with E-state index in [0.717, 1.165) is 42.7 Å². The molecule has 9 nitrogen and oxygen atoms in total. The Bertz CT molecular complexity index is 1860. The minimum Gasteiger partial charge on any atom is -0.370 e. The monoisotopic (exact) mass is 532 g/mol. The molecule has 3 N–H and O–H groups in total. The number of aromatic amines is 2. The van der Waals surface area contributed by atoms with Crippen LogP contribution in [0.4, 0.5) is 15.8 Å². The third-order valence-corrected chi connectivity index (χ3v) is 7.26. The summed E-state index contributed by atoms with van der Waals surface area (Å²) in [6.07, 6.45) is 8.13. The fraction of sp³-hybridized carbons (Fsp3) is 0.167. The maximum atomic E-state index is 16.1. The number of benzene rings is 2. The van der Waals surface area contributed by atoms with E-state index in [4.69, 9.17) is 4.98 Å². The zero-order valence-electron chi connectivity index (χ0n) is 21.5. The molecule has 0 saturated carbocycles. The molecule has 1 aliphatic rings. The number of hydrogen-bond acceptors (Lipinski definition) is 6. The van der Waals surface area contributed by atoms with Gasteiger partial charge in [-0.1, -0.05) is 24.3 Å². The zero-order chi connectivity index (χ0) is 27.1. The molecule has 0 radical (unpaired) electrons. The summed E-state index contributed by atoms with van der Waals surface area (Å²) in [5, 5.41) is 10.4. The van der Waals surface area contributed by atoms with Crippen molar-refractivity contribution >= 4 is 39.2 Å². The van der Waals surface area contributed by atoms with E-state index in [0.29, 0.717) is 33.8 Å². The molecule has 10 heteroatoms. The highest BCUT2D eigenvalue weighted by molar-refractivity contribution is 6.04. The van der Waals surface area contributed by atoms with Crippen LogP contribution in [0, 0.1) is 5.82 Å². The summed E-state index contributed by atoms with van der Waals surface area (Å²) in [4.78, 5) is 31.7. The molecule has 1 amide bonds. The number of pyridine rings is 2. The number of halogens is 1. The van der Waals surface area contributed by atoms with Crippen LogP contribution in [0.25, 0.3) is 44.7 Å². The standard InChI is InChI=1S/C30H25FN8O/c31-25-24-22(17-33-26(25)19-14-20(16-32-15-19)34-30(40)18-8-3-1-4-9-18)37-38-28(24)29-35-21-10-7-11-23(27(21)36-29)39-12-5-2-6-13-39/h1,3-4,7-11,14-17H,2,5-6,12-13H2,(H,34,40)(H,35,36)(H,37,38). The average Bonchev–Trinajstić information content (AvgIpc) is 3.63. The molecule has 6 aromatic rings. The molecule has 1 aliphatic heterocycles. The molecule has 0 atom stereocenters. The van der Waals surface area contributed by atoms with Gasteiger partial charge in [-0.3, -0.25) is 19.9 Å². The molecule has 7 rings (SSSR count). The number of hydrogen-bond donors (Lipinski definition) is 3. The van der Waals surface area contributed by atoms with Crippen molar-refractivity contribution in [1.82, 2.24) is 30.1 Å². The Balaban J connectivity index is 1.26. The predicted molar refractivity (Wildman–Crippen MR) is 153 cm³/mol. The Kier molecular flexibility index (Phi) is 5.92. The van der Waals surface area contributed by atoms with Gasteiger partial charge in [0.1, 0.15) is 16.9 Å². The molecule has 2 aromatic carbocycles. The van der Waals surface area contributed by atoms with Gasteiger partial charge < -0.3 is 15.2 Å². The number of amides is 1. The second-order valence-electron chi connectivity index (χ2n) is 9.87. The largest absolute Gasteiger partial charge is 0.370 e. The normalized spacial score (nSPS) is 13.7. The molecule has 0 bridgehead atoms. The lowest BCUT2D eigenvalue weighted by Gasteiger charge is -2.28. The zero-order valence-corrected chi connectivity index (χ0v) is 21.5. The lowest BCUT2D eigenvalue weighted by molar-refractivity contribution is 0.102. The van der Waals surface area contributed by atoms with Gasteiger partial charge in [-0.2, -0.15) is 5.10 Å². The van der Waals surface area contributed by atoms with Crippen LogP contribution < -0.4 is 10.2 Å². The third kappa shape index (κ3) is 4.23. The number of para-hydroxylation sites is 1. The van der Waals surface area contributed by atoms with Gasteiger partial charge in [-0.25, -0.2) is 9.37 Å². The van der Waals surface area contributed by atoms with Crippen molar-refractivity contribution in [2.45, 2.75) is 19.3 Å². The molecular formula is C30H25FN8O. The number of carbonyl (C=O) groups excluding carboxylic acids is 1. The van der Waals surface area contributed by atoms with E-state index in [-0.39, 0.29) is 17.0 Å². The van der Waals surface area contributed by atoms with Crippen LogP contribution in [-0.2, 0) is 0 Å². The van der Waals surface area contributed by atoms with E-state index in [9.17, 15) is 4.79 Å². The van der Waals surface area contributed by atoms with E-state index in [1.165, 1.54) is 18.8 Å². The van der Waals surface area contributed by atoms with Crippen molar-refractivity contribution < 1.29 is 9.18 Å². The van der Waals surface area contributed by atoms with E-state index in [1.54, 1.807) is 36.5 Å². The number of carbonyl (C=O) groups is 1. The lowest BCUT2D eigenvalue weighted by atomic mass is 10.1. The second kappa shape index (κ2) is 9.88. The van der Waals surface area contributed by atoms with Crippen molar-refractivity contribution in [1.29, 1.82) is 0 Å². The smallest absolute Gasteiger partial charge is 0.255 e. The van der Waals surface area contributed by atoms with Crippen molar-refractivity contribution in [3.05, 3.63) is 84.6 Å². The Morgan fingerprint density at radius 2 is 1.77 bits per heavy atom. The molecule has 40 heavy (non-hydrogen) atoms. The number of H-pyrrole nitrogens is 2. The fourth-order valence-corrected chi connectivity index (χ4v) is 5.30. The Hall–Kier alpha value is -5.12. The highest BCUT2D eigenvalue weighted by Gasteiger charge is 2.22. The predicted octanol–water partition coefficient (Wildman–Crippen LogP) is 5.94. The highest BCUT2D eigenvalue weighted by atomic mass is 19.1. The number of piperidine rings is 1. The molecule has 0 aliphatic carbocycles. The Labute approximate surface area is 228 Å². The minimum absolute atomic E-state index is 0.101. The summed E-state index contributed by atoms with van der Waals surface area (Å²) in [5.74, 6) is -0.357. The van der Waals surface area contributed by atoms with Crippen LogP contribution in [0.3, 0.4) is 0 Å². The summed E-state index contributed by atoms with van der Waals surface area (Å²) in [7, 11) is 0. The van der Waals surface area contributed by atoms with Crippen molar-refractivity contribution in [3.63, 3.8) is 0 Å². The fourth-order valence-electron chi connectivity index (χ4n) is 5.30. The SMILES string of the molecule is O=C(Nc1cncc(-c2ncc3[nH]nc(-c4nc5c(N6CCCCC6)cccc5[nH]4)c3c2F)c1)c1ccccc1. The van der Waals surface area contributed by atoms with Crippen LogP contribution in [0.2, 0.25) is 0 Å². The number of anilines is 2. The average molecular weight is 533 g/mol. The summed E-state index contributed by atoms with van der Waals surface area (Å²) in [6.45, 7) is 1.99. The molecule has 0 spiro atoms. The lowest BCUT2D eigenvalue weighted by Crippen LogP contribution is -2.29. The van der Waals surface area contributed by atoms with Crippen molar-refractivity contribution in [2.24, 2.45) is 0 Å². The Morgan fingerprint density at radius 3 is 2.62 bits per heavy atom. The first-order valence-electron chi connectivity index (χ1n) is 13.2. The first-order valence-corrected chi connectivity index (χ1v) is 13.2. The van der Waals surface area contributed by atoms with Gasteiger partial charge in [0.05, 0.1) is 40.2 Å². The van der Waals surface area contributed by atoms with Crippen LogP contribution in [-0.4, -0.2) is 49.1 Å². The third-order valence-electron chi connectivity index (χ3n) is 7.26. The number of nitrogens with one attached hydrogen (secondary N) is 3. The number of rotatable bonds is 5. The van der Waals surface area contributed by atoms with Crippen LogP contribution in [0.1, 0.15) is 29.6 Å². The quantitative estimate of drug-likeness (QED) is 0.253. The first kappa shape index (κ1) is 24.0. The Morgan fingerprint density at radius 1 is 0.925 bits per heavy atom. The van der Waals surface area contributed by atoms with Crippen molar-refractivity contribution in [2.75, 3.05) is 23.3 Å². The van der Waals surface area contributed by atoms with Crippen LogP contribution >= 0.6 is 0 Å². The molecule has 5 heterocycles. The van der Waals surface area contributed by atoms with Gasteiger partial charge in [0.25, 0.3) is 5.91 Å². The van der Waals surface area contributed by atoms with Gasteiger partial charge in [0, 0.05) is 30.4 Å². The maximum absolute atomic E-state index is 16.1. The van der Waals surface area contributed by atoms with Gasteiger partial charge in [-0.05, 0) is 49.6 Å². The highest BCUT2D eigenvalue weighted by Crippen LogP contribution is 2.35. The number of fused-ring (bicyclic) bond motifs is 2. The van der Waals surface area contributed by atoms with Gasteiger partial charge >= 0.3 is 0 Å². The molecule has 198 valence electrons. The van der Waals surface area contributed by atoms with E-state index in [1.807, 2.05) is 18.2 Å². The minimum atomic E-state index is -0.550. The van der Waals surface area contributed by atoms with E-state index >= 15 is 4.39 Å². The van der Waals surface area contributed by atoms with Crippen LogP contribution in [0.15, 0.2) is 73.2 Å². The second-order valence-corrected chi connectivity index (χ2v) is 9.87. The topological polar surface area (TPSA) is 115 Å². The van der Waals surface area contributed by atoms with Crippen molar-refractivity contribution in [3.8, 4) is 22.8 Å². The van der Waals surface area contributed by atoms with E-state index in [2.05, 4.69) is 41.4 Å². The maximum Gasteiger partial charge on any atom is 0.255 e. The molecule has 1 fully saturated rings. The summed E-state index contributed by atoms with van der Waals surface area (Å²) < 4.78 is 16.1. The first-order chi connectivity index (χ1) is 19.7. The number of nitrogens with zero attached hydrogens (tertiary/aromatic N) is 5. The number of imidazole rings is 1. The molecule has 1 saturated heterocycles. The summed E-state index contributed by atoms with van der Waals surface area (Å²) >= 11 is 0. The molecule has 0 unspecified atom stereocenters. The molecule has 4 aromatic heterocycles. The van der Waals surface area contributed by atoms with Gasteiger partial charge in [0.2, 0.25) is 0 Å². The van der Waals surface area contributed by atoms with Gasteiger partial charge in [-0.15, -0.1) is 0 Å². The van der Waals surface area contributed by atoms with Crippen LogP contribution in [0.5, 0.6) is 0 Å². The van der Waals surface area contributed by atoms with Gasteiger partial charge in [0.15, 0.2) is 11.6 Å². The summed E-state index contributed by atoms with van der Waals surface area (Å²) in [6, 6.07) is 16.6.